The van der Waals surface area contributed by atoms with Gasteiger partial charge in [-0.2, -0.15) is 0 Å². The molecule has 48 heavy (non-hydrogen) atoms. The maximum absolute atomic E-state index is 15.0. The van der Waals surface area contributed by atoms with Crippen LogP contribution < -0.4 is 14.9 Å². The Labute approximate surface area is 274 Å². The molecule has 3 aromatic heterocycles. The lowest BCUT2D eigenvalue weighted by Gasteiger charge is -2.30. The molecule has 6 aromatic rings. The Morgan fingerprint density at radius 3 is 2.52 bits per heavy atom. The van der Waals surface area contributed by atoms with Crippen LogP contribution in [0.1, 0.15) is 28.5 Å². The predicted octanol–water partition coefficient (Wildman–Crippen LogP) is 6.39. The van der Waals surface area contributed by atoms with Gasteiger partial charge in [0.25, 0.3) is 5.91 Å². The van der Waals surface area contributed by atoms with Crippen molar-refractivity contribution in [1.29, 1.82) is 0 Å². The third-order valence-electron chi connectivity index (χ3n) is 8.66. The van der Waals surface area contributed by atoms with Gasteiger partial charge in [-0.1, -0.05) is 35.9 Å². The second-order valence-electron chi connectivity index (χ2n) is 11.8. The first-order chi connectivity index (χ1) is 22.8. The first-order valence-corrected chi connectivity index (χ1v) is 16.8. The number of aromatic nitrogens is 2. The number of carbonyl (C=O) groups excluding carboxylic acids is 1. The van der Waals surface area contributed by atoms with Gasteiger partial charge < -0.3 is 24.7 Å². The van der Waals surface area contributed by atoms with Crippen molar-refractivity contribution in [2.45, 2.75) is 19.5 Å². The summed E-state index contributed by atoms with van der Waals surface area (Å²) >= 11 is 0. The molecule has 4 heterocycles. The molecule has 1 unspecified atom stereocenters. The normalized spacial score (nSPS) is 14.0. The van der Waals surface area contributed by atoms with Crippen LogP contribution in [0, 0.1) is 12.7 Å². The molecule has 1 aliphatic rings. The average molecular weight is 668 g/mol. The third-order valence-corrected chi connectivity index (χ3v) is 9.85. The highest BCUT2D eigenvalue weighted by atomic mass is 32.2. The maximum atomic E-state index is 15.0. The van der Waals surface area contributed by atoms with Crippen LogP contribution in [-0.4, -0.2) is 55.3 Å². The highest BCUT2D eigenvalue weighted by molar-refractivity contribution is 7.92. The van der Waals surface area contributed by atoms with Gasteiger partial charge in [-0.05, 0) is 43.3 Å². The number of nitrogens with zero attached hydrogens (tertiary/aromatic N) is 3. The van der Waals surface area contributed by atoms with Crippen LogP contribution in [0.15, 0.2) is 77.2 Å². The number of fused-ring (bicyclic) bond motifs is 6. The lowest BCUT2D eigenvalue weighted by Crippen LogP contribution is -2.26. The number of nitrogens with one attached hydrogen (secondary N) is 2. The van der Waals surface area contributed by atoms with E-state index in [4.69, 9.17) is 9.40 Å². The van der Waals surface area contributed by atoms with Gasteiger partial charge in [-0.25, -0.2) is 17.8 Å². The van der Waals surface area contributed by atoms with E-state index in [9.17, 15) is 27.5 Å². The molecule has 11 nitrogen and oxygen atoms in total. The number of aryl methyl sites for hydroxylation is 1. The van der Waals surface area contributed by atoms with Crippen molar-refractivity contribution < 1.29 is 31.9 Å². The Hall–Kier alpha value is -5.69. The van der Waals surface area contributed by atoms with Gasteiger partial charge in [0.15, 0.2) is 0 Å². The lowest BCUT2D eigenvalue weighted by atomic mass is 10.00. The number of anilines is 2. The molecular formula is C35H30FN5O6S. The maximum Gasteiger partial charge on any atom is 0.307 e. The van der Waals surface area contributed by atoms with E-state index < -0.39 is 33.9 Å². The van der Waals surface area contributed by atoms with E-state index in [0.29, 0.717) is 61.5 Å². The number of carbonyl (C=O) groups is 2. The highest BCUT2D eigenvalue weighted by Crippen LogP contribution is 2.45. The van der Waals surface area contributed by atoms with Crippen molar-refractivity contribution in [3.8, 4) is 34.0 Å². The zero-order chi connectivity index (χ0) is 34.1. The molecule has 0 radical (unpaired) electrons. The van der Waals surface area contributed by atoms with Crippen LogP contribution in [0.3, 0.4) is 0 Å². The molecule has 13 heteroatoms. The lowest BCUT2D eigenvalue weighted by molar-refractivity contribution is -0.137. The molecule has 3 aromatic carbocycles. The van der Waals surface area contributed by atoms with Crippen molar-refractivity contribution in [3.05, 3.63) is 89.7 Å². The van der Waals surface area contributed by atoms with Crippen LogP contribution in [0.2, 0.25) is 0 Å². The zero-order valence-corrected chi connectivity index (χ0v) is 27.1. The summed E-state index contributed by atoms with van der Waals surface area (Å²) in [6, 6.07) is 20.4. The first kappa shape index (κ1) is 30.9. The Balaban J connectivity index is 1.49. The summed E-state index contributed by atoms with van der Waals surface area (Å²) in [6.07, 6.45) is 0.0818. The molecule has 1 amide bonds. The number of rotatable bonds is 7. The largest absolute Gasteiger partial charge is 0.481 e. The predicted molar refractivity (Wildman–Crippen MR) is 182 cm³/mol. The number of hydrogen-bond donors (Lipinski definition) is 3. The van der Waals surface area contributed by atoms with E-state index in [0.717, 1.165) is 16.1 Å². The standard InChI is InChI=1S/C35H30FN5O6S/c1-18-8-10-19(11-9-18)34-32(35(44)37-2)22-14-21(27(16-29(22)47-34)40(3)48(4,45)46)24-12-13-25-33(39-24)28-15-20-23(36)6-5-7-26(20)41(28)30(38-25)17-31(42)43/h5-16,30,38H,17H2,1-4H3,(H,37,44)(H,42,43). The van der Waals surface area contributed by atoms with Gasteiger partial charge in [0.2, 0.25) is 10.0 Å². The summed E-state index contributed by atoms with van der Waals surface area (Å²) in [6.45, 7) is 1.95. The summed E-state index contributed by atoms with van der Waals surface area (Å²) in [5.74, 6) is -1.57. The summed E-state index contributed by atoms with van der Waals surface area (Å²) in [7, 11) is -0.837. The Morgan fingerprint density at radius 2 is 1.83 bits per heavy atom. The third kappa shape index (κ3) is 5.03. The first-order valence-electron chi connectivity index (χ1n) is 15.0. The quantitative estimate of drug-likeness (QED) is 0.178. The molecule has 244 valence electrons. The molecule has 1 aliphatic heterocycles. The molecular weight excluding hydrogens is 637 g/mol. The Morgan fingerprint density at radius 1 is 1.08 bits per heavy atom. The van der Waals surface area contributed by atoms with E-state index in [1.54, 1.807) is 47.0 Å². The van der Waals surface area contributed by atoms with Gasteiger partial charge in [-0.15, -0.1) is 0 Å². The molecule has 3 N–H and O–H groups in total. The summed E-state index contributed by atoms with van der Waals surface area (Å²) in [4.78, 5) is 30.1. The Kier molecular flexibility index (Phi) is 7.24. The number of carboxylic acid groups (broad SMARTS) is 1. The van der Waals surface area contributed by atoms with Gasteiger partial charge in [0, 0.05) is 42.1 Å². The van der Waals surface area contributed by atoms with Gasteiger partial charge in [0.1, 0.15) is 29.0 Å². The van der Waals surface area contributed by atoms with Crippen molar-refractivity contribution in [1.82, 2.24) is 14.9 Å². The fraction of sp³-hybridized carbons (Fsp3) is 0.171. The van der Waals surface area contributed by atoms with Gasteiger partial charge >= 0.3 is 5.97 Å². The van der Waals surface area contributed by atoms with Crippen LogP contribution in [0.5, 0.6) is 0 Å². The zero-order valence-electron chi connectivity index (χ0n) is 26.3. The molecule has 7 rings (SSSR count). The summed E-state index contributed by atoms with van der Waals surface area (Å²) in [5, 5.41) is 16.3. The van der Waals surface area contributed by atoms with Crippen LogP contribution in [-0.2, 0) is 14.8 Å². The topological polar surface area (TPSA) is 147 Å². The average Bonchev–Trinajstić information content (AvgIpc) is 3.63. The number of carboxylic acids is 1. The number of amides is 1. The van der Waals surface area contributed by atoms with Crippen molar-refractivity contribution in [2.24, 2.45) is 0 Å². The Bertz CT molecular complexity index is 2420. The monoisotopic (exact) mass is 667 g/mol. The van der Waals surface area contributed by atoms with E-state index in [1.165, 1.54) is 20.2 Å². The number of sulfonamides is 1. The molecule has 0 aliphatic carbocycles. The molecule has 0 spiro atoms. The summed E-state index contributed by atoms with van der Waals surface area (Å²) in [5.41, 5.74) is 5.20. The van der Waals surface area contributed by atoms with Crippen molar-refractivity contribution >= 4 is 55.1 Å². The van der Waals surface area contributed by atoms with E-state index in [1.807, 2.05) is 31.2 Å². The van der Waals surface area contributed by atoms with Gasteiger partial charge in [-0.3, -0.25) is 13.9 Å². The van der Waals surface area contributed by atoms with Crippen LogP contribution in [0.4, 0.5) is 15.8 Å². The summed E-state index contributed by atoms with van der Waals surface area (Å²) < 4.78 is 49.9. The number of benzene rings is 3. The fourth-order valence-corrected chi connectivity index (χ4v) is 6.75. The second kappa shape index (κ2) is 11.2. The second-order valence-corrected chi connectivity index (χ2v) is 13.8. The van der Waals surface area contributed by atoms with Crippen LogP contribution in [0.25, 0.3) is 55.8 Å². The molecule has 0 bridgehead atoms. The highest BCUT2D eigenvalue weighted by Gasteiger charge is 2.31. The van der Waals surface area contributed by atoms with Crippen LogP contribution >= 0.6 is 0 Å². The number of pyridine rings is 1. The van der Waals surface area contributed by atoms with E-state index in [2.05, 4.69) is 10.6 Å². The van der Waals surface area contributed by atoms with Crippen molar-refractivity contribution in [3.63, 3.8) is 0 Å². The molecule has 0 saturated heterocycles. The molecule has 0 saturated carbocycles. The fourth-order valence-electron chi connectivity index (χ4n) is 6.24. The smallest absolute Gasteiger partial charge is 0.307 e. The number of hydrogen-bond acceptors (Lipinski definition) is 7. The number of aliphatic carboxylic acids is 1. The number of halogens is 1. The van der Waals surface area contributed by atoms with E-state index >= 15 is 0 Å². The SMILES string of the molecule is CNC(=O)c1c(-c2ccc(C)cc2)oc2cc(N(C)S(C)(=O)=O)c(-c3ccc4c(n3)-c3cc5c(F)cccc5n3C(CC(=O)O)N4)cc12. The minimum absolute atomic E-state index is 0.254. The molecule has 0 fully saturated rings. The van der Waals surface area contributed by atoms with E-state index in [-0.39, 0.29) is 17.7 Å². The minimum atomic E-state index is -3.77. The van der Waals surface area contributed by atoms with Crippen molar-refractivity contribution in [2.75, 3.05) is 30.0 Å². The molecule has 1 atom stereocenters. The van der Waals surface area contributed by atoms with Gasteiger partial charge in [0.05, 0.1) is 46.5 Å². The number of furan rings is 1. The minimum Gasteiger partial charge on any atom is -0.481 e.